The van der Waals surface area contributed by atoms with Crippen LogP contribution < -0.4 is 0 Å². The summed E-state index contributed by atoms with van der Waals surface area (Å²) in [5.74, 6) is 0.00904. The van der Waals surface area contributed by atoms with E-state index in [4.69, 9.17) is 11.6 Å². The third kappa shape index (κ3) is 1.91. The van der Waals surface area contributed by atoms with Gasteiger partial charge in [0.15, 0.2) is 5.78 Å². The fraction of sp³-hybridized carbons (Fsp3) is 0. The van der Waals surface area contributed by atoms with Crippen LogP contribution in [-0.4, -0.2) is 10.8 Å². The molecule has 0 aliphatic rings. The van der Waals surface area contributed by atoms with Crippen LogP contribution in [0.25, 0.3) is 10.9 Å². The van der Waals surface area contributed by atoms with Gasteiger partial charge in [0.2, 0.25) is 0 Å². The average molecular weight is 256 g/mol. The number of aromatic amines is 1. The van der Waals surface area contributed by atoms with Crippen LogP contribution in [-0.2, 0) is 0 Å². The van der Waals surface area contributed by atoms with Gasteiger partial charge in [-0.05, 0) is 48.5 Å². The molecule has 88 valence electrons. The first kappa shape index (κ1) is 11.1. The first-order valence-electron chi connectivity index (χ1n) is 5.61. The molecule has 3 heteroatoms. The summed E-state index contributed by atoms with van der Waals surface area (Å²) in [5, 5.41) is 1.67. The molecule has 18 heavy (non-hydrogen) atoms. The predicted molar refractivity (Wildman–Crippen MR) is 73.2 cm³/mol. The van der Waals surface area contributed by atoms with Crippen molar-refractivity contribution in [1.29, 1.82) is 0 Å². The summed E-state index contributed by atoms with van der Waals surface area (Å²) in [5.41, 5.74) is 2.36. The van der Waals surface area contributed by atoms with Crippen LogP contribution in [0.1, 0.15) is 15.9 Å². The Balaban J connectivity index is 2.03. The topological polar surface area (TPSA) is 32.9 Å². The van der Waals surface area contributed by atoms with Crippen LogP contribution in [0, 0.1) is 0 Å². The standard InChI is InChI=1S/C15H10ClNO/c16-13-4-1-10(2-5-13)15(18)12-3-6-14-11(9-12)7-8-17-14/h1-9,17H. The van der Waals surface area contributed by atoms with Gasteiger partial charge < -0.3 is 4.98 Å². The Bertz CT molecular complexity index is 713. The van der Waals surface area contributed by atoms with Gasteiger partial charge in [-0.15, -0.1) is 0 Å². The van der Waals surface area contributed by atoms with Crippen molar-refractivity contribution in [3.63, 3.8) is 0 Å². The molecule has 0 aliphatic carbocycles. The van der Waals surface area contributed by atoms with Crippen molar-refractivity contribution in [1.82, 2.24) is 4.98 Å². The van der Waals surface area contributed by atoms with Crippen LogP contribution in [0.3, 0.4) is 0 Å². The maximum atomic E-state index is 12.3. The molecule has 1 aromatic heterocycles. The van der Waals surface area contributed by atoms with Gasteiger partial charge in [-0.25, -0.2) is 0 Å². The summed E-state index contributed by atoms with van der Waals surface area (Å²) in [6, 6.07) is 14.5. The van der Waals surface area contributed by atoms with E-state index in [2.05, 4.69) is 4.98 Å². The van der Waals surface area contributed by atoms with Crippen LogP contribution >= 0.6 is 11.6 Å². The summed E-state index contributed by atoms with van der Waals surface area (Å²) in [6.45, 7) is 0. The SMILES string of the molecule is O=C(c1ccc(Cl)cc1)c1ccc2[nH]ccc2c1. The zero-order valence-electron chi connectivity index (χ0n) is 9.48. The molecule has 0 saturated carbocycles. The molecule has 0 spiro atoms. The second-order valence-corrected chi connectivity index (χ2v) is 4.55. The third-order valence-corrected chi connectivity index (χ3v) is 3.17. The second-order valence-electron chi connectivity index (χ2n) is 4.12. The van der Waals surface area contributed by atoms with Gasteiger partial charge in [0.1, 0.15) is 0 Å². The summed E-state index contributed by atoms with van der Waals surface area (Å²) in [7, 11) is 0. The van der Waals surface area contributed by atoms with Crippen LogP contribution in [0.4, 0.5) is 0 Å². The van der Waals surface area contributed by atoms with Gasteiger partial charge in [-0.3, -0.25) is 4.79 Å². The molecule has 1 heterocycles. The summed E-state index contributed by atoms with van der Waals surface area (Å²) >= 11 is 5.81. The van der Waals surface area contributed by atoms with Crippen LogP contribution in [0.15, 0.2) is 54.7 Å². The molecule has 3 aromatic rings. The molecule has 2 nitrogen and oxygen atoms in total. The van der Waals surface area contributed by atoms with E-state index < -0.39 is 0 Å². The number of benzene rings is 2. The highest BCUT2D eigenvalue weighted by Gasteiger charge is 2.09. The van der Waals surface area contributed by atoms with Gasteiger partial charge in [-0.2, -0.15) is 0 Å². The number of fused-ring (bicyclic) bond motifs is 1. The molecule has 3 rings (SSSR count). The third-order valence-electron chi connectivity index (χ3n) is 2.92. The van der Waals surface area contributed by atoms with E-state index in [1.165, 1.54) is 0 Å². The van der Waals surface area contributed by atoms with Crippen molar-refractivity contribution in [2.45, 2.75) is 0 Å². The van der Waals surface area contributed by atoms with E-state index in [-0.39, 0.29) is 5.78 Å². The van der Waals surface area contributed by atoms with Gasteiger partial charge >= 0.3 is 0 Å². The molecule has 1 N–H and O–H groups in total. The van der Waals surface area contributed by atoms with Crippen LogP contribution in [0.5, 0.6) is 0 Å². The second kappa shape index (κ2) is 4.31. The van der Waals surface area contributed by atoms with Crippen LogP contribution in [0.2, 0.25) is 5.02 Å². The molecule has 0 bridgehead atoms. The lowest BCUT2D eigenvalue weighted by Crippen LogP contribution is -2.00. The number of nitrogens with one attached hydrogen (secondary N) is 1. The van der Waals surface area contributed by atoms with Crippen molar-refractivity contribution in [2.75, 3.05) is 0 Å². The highest BCUT2D eigenvalue weighted by atomic mass is 35.5. The number of aromatic nitrogens is 1. The van der Waals surface area contributed by atoms with Crippen molar-refractivity contribution in [2.24, 2.45) is 0 Å². The van der Waals surface area contributed by atoms with E-state index >= 15 is 0 Å². The molecular formula is C15H10ClNO. The highest BCUT2D eigenvalue weighted by molar-refractivity contribution is 6.30. The minimum Gasteiger partial charge on any atom is -0.361 e. The fourth-order valence-electron chi connectivity index (χ4n) is 1.96. The maximum Gasteiger partial charge on any atom is 0.193 e. The van der Waals surface area contributed by atoms with E-state index in [0.717, 1.165) is 10.9 Å². The first-order valence-corrected chi connectivity index (χ1v) is 5.99. The zero-order valence-corrected chi connectivity index (χ0v) is 10.2. The quantitative estimate of drug-likeness (QED) is 0.689. The summed E-state index contributed by atoms with van der Waals surface area (Å²) < 4.78 is 0. The highest BCUT2D eigenvalue weighted by Crippen LogP contribution is 2.18. The van der Waals surface area contributed by atoms with Gasteiger partial charge in [0.05, 0.1) is 0 Å². The molecule has 0 aliphatic heterocycles. The van der Waals surface area contributed by atoms with Crippen molar-refractivity contribution in [3.05, 3.63) is 70.9 Å². The zero-order chi connectivity index (χ0) is 12.5. The molecule has 2 aromatic carbocycles. The molecule has 0 saturated heterocycles. The number of ketones is 1. The molecule has 0 fully saturated rings. The molecule has 0 amide bonds. The number of rotatable bonds is 2. The Labute approximate surface area is 109 Å². The summed E-state index contributed by atoms with van der Waals surface area (Å²) in [6.07, 6.45) is 1.86. The smallest absolute Gasteiger partial charge is 0.193 e. The average Bonchev–Trinajstić information content (AvgIpc) is 2.86. The lowest BCUT2D eigenvalue weighted by Gasteiger charge is -2.01. The number of hydrogen-bond donors (Lipinski definition) is 1. The van der Waals surface area contributed by atoms with E-state index in [0.29, 0.717) is 16.1 Å². The molecule has 0 atom stereocenters. The minimum absolute atomic E-state index is 0.00904. The Hall–Kier alpha value is -2.06. The van der Waals surface area contributed by atoms with Gasteiger partial charge in [-0.1, -0.05) is 11.6 Å². The first-order chi connectivity index (χ1) is 8.74. The summed E-state index contributed by atoms with van der Waals surface area (Å²) in [4.78, 5) is 15.4. The molecule has 0 radical (unpaired) electrons. The van der Waals surface area contributed by atoms with E-state index in [9.17, 15) is 4.79 Å². The number of carbonyl (C=O) groups is 1. The fourth-order valence-corrected chi connectivity index (χ4v) is 2.09. The lowest BCUT2D eigenvalue weighted by atomic mass is 10.0. The van der Waals surface area contributed by atoms with Crippen molar-refractivity contribution >= 4 is 28.3 Å². The van der Waals surface area contributed by atoms with Crippen molar-refractivity contribution < 1.29 is 4.79 Å². The lowest BCUT2D eigenvalue weighted by molar-refractivity contribution is 0.103. The monoisotopic (exact) mass is 255 g/mol. The normalized spacial score (nSPS) is 10.7. The molecular weight excluding hydrogens is 246 g/mol. The van der Waals surface area contributed by atoms with E-state index in [1.807, 2.05) is 30.5 Å². The Morgan fingerprint density at radius 3 is 2.44 bits per heavy atom. The maximum absolute atomic E-state index is 12.3. The Kier molecular flexibility index (Phi) is 2.65. The number of H-pyrrole nitrogens is 1. The number of halogens is 1. The minimum atomic E-state index is 0.00904. The Morgan fingerprint density at radius 2 is 1.67 bits per heavy atom. The van der Waals surface area contributed by atoms with Gasteiger partial charge in [0.25, 0.3) is 0 Å². The van der Waals surface area contributed by atoms with Crippen molar-refractivity contribution in [3.8, 4) is 0 Å². The number of carbonyl (C=O) groups excluding carboxylic acids is 1. The Morgan fingerprint density at radius 1 is 0.944 bits per heavy atom. The number of hydrogen-bond acceptors (Lipinski definition) is 1. The molecule has 0 unspecified atom stereocenters. The van der Waals surface area contributed by atoms with Gasteiger partial charge in [0, 0.05) is 33.2 Å². The van der Waals surface area contributed by atoms with E-state index in [1.54, 1.807) is 24.3 Å². The largest absolute Gasteiger partial charge is 0.361 e. The predicted octanol–water partition coefficient (Wildman–Crippen LogP) is 4.05.